The van der Waals surface area contributed by atoms with Crippen molar-refractivity contribution >= 4 is 16.8 Å². The van der Waals surface area contributed by atoms with Crippen LogP contribution in [0.15, 0.2) is 42.6 Å². The fraction of sp³-hybridized carbons (Fsp3) is 0.250. The Labute approximate surface area is 145 Å². The molecule has 0 saturated carbocycles. The van der Waals surface area contributed by atoms with Crippen molar-refractivity contribution in [2.45, 2.75) is 19.4 Å². The fourth-order valence-corrected chi connectivity index (χ4v) is 3.71. The fourth-order valence-electron chi connectivity index (χ4n) is 3.71. The molecular formula is C20H18N2O3. The quantitative estimate of drug-likeness (QED) is 0.784. The average Bonchev–Trinajstić information content (AvgIpc) is 3.26. The van der Waals surface area contributed by atoms with Crippen LogP contribution in [0.25, 0.3) is 10.9 Å². The van der Waals surface area contributed by atoms with Crippen LogP contribution in [0.1, 0.15) is 16.7 Å². The predicted octanol–water partition coefficient (Wildman–Crippen LogP) is 3.02. The molecule has 0 bridgehead atoms. The van der Waals surface area contributed by atoms with E-state index in [1.807, 2.05) is 35.4 Å². The number of amides is 1. The van der Waals surface area contributed by atoms with Gasteiger partial charge in [-0.15, -0.1) is 0 Å². The van der Waals surface area contributed by atoms with Crippen LogP contribution in [0, 0.1) is 0 Å². The van der Waals surface area contributed by atoms with Gasteiger partial charge in [0.25, 0.3) is 0 Å². The molecular weight excluding hydrogens is 316 g/mol. The Hall–Kier alpha value is -2.95. The van der Waals surface area contributed by atoms with Gasteiger partial charge in [-0.3, -0.25) is 4.79 Å². The molecule has 0 radical (unpaired) electrons. The van der Waals surface area contributed by atoms with Gasteiger partial charge in [0.15, 0.2) is 11.5 Å². The molecule has 0 atom stereocenters. The highest BCUT2D eigenvalue weighted by Gasteiger charge is 2.25. The van der Waals surface area contributed by atoms with E-state index in [1.165, 1.54) is 5.56 Å². The van der Waals surface area contributed by atoms with Gasteiger partial charge in [-0.05, 0) is 41.3 Å². The van der Waals surface area contributed by atoms with Crippen molar-refractivity contribution in [3.63, 3.8) is 0 Å². The minimum atomic E-state index is 0.160. The molecule has 0 aliphatic carbocycles. The van der Waals surface area contributed by atoms with Crippen LogP contribution in [0.5, 0.6) is 11.5 Å². The van der Waals surface area contributed by atoms with Crippen LogP contribution in [-0.4, -0.2) is 29.1 Å². The number of H-pyrrole nitrogens is 1. The zero-order valence-corrected chi connectivity index (χ0v) is 13.7. The molecule has 0 spiro atoms. The topological polar surface area (TPSA) is 54.6 Å². The standard InChI is InChI=1S/C20H18N2O3/c23-20(9-14-10-21-17-4-2-1-3-16(14)17)22-6-5-13-7-18-19(25-12-24-18)8-15(13)11-22/h1-4,7-8,10,21H,5-6,9,11-12H2. The molecule has 2 aliphatic heterocycles. The summed E-state index contributed by atoms with van der Waals surface area (Å²) in [6.07, 6.45) is 3.22. The summed E-state index contributed by atoms with van der Waals surface area (Å²) < 4.78 is 10.9. The second-order valence-corrected chi connectivity index (χ2v) is 6.58. The predicted molar refractivity (Wildman–Crippen MR) is 93.7 cm³/mol. The third-order valence-electron chi connectivity index (χ3n) is 5.08. The number of aromatic amines is 1. The smallest absolute Gasteiger partial charge is 0.231 e. The summed E-state index contributed by atoms with van der Waals surface area (Å²) in [6, 6.07) is 12.2. The van der Waals surface area contributed by atoms with Gasteiger partial charge in [0.05, 0.1) is 6.42 Å². The first-order valence-electron chi connectivity index (χ1n) is 8.52. The van der Waals surface area contributed by atoms with Crippen LogP contribution in [0.3, 0.4) is 0 Å². The molecule has 3 heterocycles. The first kappa shape index (κ1) is 14.4. The summed E-state index contributed by atoms with van der Waals surface area (Å²) in [7, 11) is 0. The first-order valence-corrected chi connectivity index (χ1v) is 8.52. The Kier molecular flexibility index (Phi) is 3.20. The number of nitrogens with one attached hydrogen (secondary N) is 1. The van der Waals surface area contributed by atoms with Gasteiger partial charge in [-0.1, -0.05) is 18.2 Å². The van der Waals surface area contributed by atoms with E-state index < -0.39 is 0 Å². The normalized spacial score (nSPS) is 15.4. The third kappa shape index (κ3) is 2.43. The van der Waals surface area contributed by atoms with Crippen LogP contribution < -0.4 is 9.47 Å². The highest BCUT2D eigenvalue weighted by atomic mass is 16.7. The Morgan fingerprint density at radius 2 is 1.92 bits per heavy atom. The van der Waals surface area contributed by atoms with Gasteiger partial charge in [-0.25, -0.2) is 0 Å². The van der Waals surface area contributed by atoms with Gasteiger partial charge in [-0.2, -0.15) is 0 Å². The Morgan fingerprint density at radius 3 is 2.80 bits per heavy atom. The zero-order valence-electron chi connectivity index (χ0n) is 13.7. The molecule has 1 amide bonds. The van der Waals surface area contributed by atoms with E-state index in [1.54, 1.807) is 0 Å². The van der Waals surface area contributed by atoms with Gasteiger partial charge in [0.1, 0.15) is 0 Å². The summed E-state index contributed by atoms with van der Waals surface area (Å²) in [5.74, 6) is 1.76. The highest BCUT2D eigenvalue weighted by Crippen LogP contribution is 2.36. The van der Waals surface area contributed by atoms with Crippen LogP contribution in [-0.2, 0) is 24.2 Å². The number of carbonyl (C=O) groups is 1. The van der Waals surface area contributed by atoms with E-state index in [0.29, 0.717) is 13.0 Å². The maximum Gasteiger partial charge on any atom is 0.231 e. The number of rotatable bonds is 2. The van der Waals surface area contributed by atoms with E-state index in [0.717, 1.165) is 46.5 Å². The number of para-hydroxylation sites is 1. The number of fused-ring (bicyclic) bond motifs is 3. The minimum Gasteiger partial charge on any atom is -0.454 e. The molecule has 1 N–H and O–H groups in total. The second kappa shape index (κ2) is 5.55. The molecule has 5 heteroatoms. The molecule has 1 aromatic heterocycles. The summed E-state index contributed by atoms with van der Waals surface area (Å²) in [4.78, 5) is 18.0. The molecule has 2 aliphatic rings. The van der Waals surface area contributed by atoms with E-state index in [9.17, 15) is 4.79 Å². The van der Waals surface area contributed by atoms with Crippen LogP contribution in [0.2, 0.25) is 0 Å². The summed E-state index contributed by atoms with van der Waals surface area (Å²) in [5.41, 5.74) is 4.53. The molecule has 0 saturated heterocycles. The number of hydrogen-bond acceptors (Lipinski definition) is 3. The maximum absolute atomic E-state index is 12.8. The van der Waals surface area contributed by atoms with Crippen molar-refractivity contribution in [1.82, 2.24) is 9.88 Å². The van der Waals surface area contributed by atoms with E-state index in [-0.39, 0.29) is 12.7 Å². The number of benzene rings is 2. The van der Waals surface area contributed by atoms with E-state index >= 15 is 0 Å². The molecule has 3 aromatic rings. The van der Waals surface area contributed by atoms with Crippen molar-refractivity contribution in [3.8, 4) is 11.5 Å². The minimum absolute atomic E-state index is 0.160. The lowest BCUT2D eigenvalue weighted by Crippen LogP contribution is -2.36. The molecule has 126 valence electrons. The first-order chi connectivity index (χ1) is 12.3. The van der Waals surface area contributed by atoms with Gasteiger partial charge < -0.3 is 19.4 Å². The molecule has 2 aromatic carbocycles. The molecule has 5 nitrogen and oxygen atoms in total. The molecule has 25 heavy (non-hydrogen) atoms. The lowest BCUT2D eigenvalue weighted by molar-refractivity contribution is -0.131. The summed E-state index contributed by atoms with van der Waals surface area (Å²) in [6.45, 7) is 1.66. The molecule has 5 rings (SSSR count). The third-order valence-corrected chi connectivity index (χ3v) is 5.08. The highest BCUT2D eigenvalue weighted by molar-refractivity contribution is 5.89. The van der Waals surface area contributed by atoms with Crippen molar-refractivity contribution in [1.29, 1.82) is 0 Å². The average molecular weight is 334 g/mol. The number of aromatic nitrogens is 1. The number of carbonyl (C=O) groups excluding carboxylic acids is 1. The lowest BCUT2D eigenvalue weighted by Gasteiger charge is -2.29. The van der Waals surface area contributed by atoms with Gasteiger partial charge >= 0.3 is 0 Å². The lowest BCUT2D eigenvalue weighted by atomic mass is 9.98. The Bertz CT molecular complexity index is 976. The van der Waals surface area contributed by atoms with E-state index in [2.05, 4.69) is 17.1 Å². The number of hydrogen-bond donors (Lipinski definition) is 1. The van der Waals surface area contributed by atoms with E-state index in [4.69, 9.17) is 9.47 Å². The maximum atomic E-state index is 12.8. The summed E-state index contributed by atoms with van der Waals surface area (Å²) in [5, 5.41) is 1.12. The Morgan fingerprint density at radius 1 is 1.12 bits per heavy atom. The van der Waals surface area contributed by atoms with Crippen molar-refractivity contribution in [2.75, 3.05) is 13.3 Å². The van der Waals surface area contributed by atoms with Gasteiger partial charge in [0, 0.05) is 30.2 Å². The molecule has 0 unspecified atom stereocenters. The Balaban J connectivity index is 1.37. The second-order valence-electron chi connectivity index (χ2n) is 6.58. The zero-order chi connectivity index (χ0) is 16.8. The summed E-state index contributed by atoms with van der Waals surface area (Å²) >= 11 is 0. The van der Waals surface area contributed by atoms with Crippen molar-refractivity contribution in [2.24, 2.45) is 0 Å². The largest absolute Gasteiger partial charge is 0.454 e. The van der Waals surface area contributed by atoms with Crippen molar-refractivity contribution in [3.05, 3.63) is 59.3 Å². The SMILES string of the molecule is O=C(Cc1c[nH]c2ccccc12)N1CCc2cc3c(cc2C1)OCO3. The monoisotopic (exact) mass is 334 g/mol. The molecule has 0 fully saturated rings. The number of nitrogens with zero attached hydrogens (tertiary/aromatic N) is 1. The van der Waals surface area contributed by atoms with Crippen LogP contribution in [0.4, 0.5) is 0 Å². The van der Waals surface area contributed by atoms with Crippen LogP contribution >= 0.6 is 0 Å². The number of ether oxygens (including phenoxy) is 2. The van der Waals surface area contributed by atoms with Gasteiger partial charge in [0.2, 0.25) is 12.7 Å². The van der Waals surface area contributed by atoms with Crippen molar-refractivity contribution < 1.29 is 14.3 Å².